The Kier molecular flexibility index (Phi) is 10.0. The Bertz CT molecular complexity index is 1590. The molecule has 0 saturated carbocycles. The number of aliphatic carboxylic acids is 1. The number of likely N-dealkylation sites (N-methyl/N-ethyl adjacent to an activating group) is 1. The smallest absolute Gasteiger partial charge is 0.303 e. The minimum absolute atomic E-state index is 0.0199. The molecule has 3 aromatic rings. The molecule has 0 bridgehead atoms. The third-order valence-electron chi connectivity index (χ3n) is 6.91. The molecule has 1 amide bonds. The number of carboxylic acids is 1. The van der Waals surface area contributed by atoms with E-state index in [9.17, 15) is 18.0 Å². The quantitative estimate of drug-likeness (QED) is 0.253. The van der Waals surface area contributed by atoms with E-state index in [1.54, 1.807) is 42.5 Å². The maximum atomic E-state index is 13.3. The zero-order valence-corrected chi connectivity index (χ0v) is 25.5. The number of anilines is 2. The van der Waals surface area contributed by atoms with Crippen LogP contribution in [0.1, 0.15) is 42.4 Å². The Morgan fingerprint density at radius 1 is 1.05 bits per heavy atom. The summed E-state index contributed by atoms with van der Waals surface area (Å²) in [6, 6.07) is 19.5. The van der Waals surface area contributed by atoms with Gasteiger partial charge >= 0.3 is 5.97 Å². The molecule has 1 aliphatic rings. The van der Waals surface area contributed by atoms with Crippen molar-refractivity contribution >= 4 is 56.3 Å². The van der Waals surface area contributed by atoms with Gasteiger partial charge in [-0.25, -0.2) is 8.42 Å². The van der Waals surface area contributed by atoms with Gasteiger partial charge in [0, 0.05) is 30.2 Å². The van der Waals surface area contributed by atoms with Gasteiger partial charge in [0.15, 0.2) is 0 Å². The summed E-state index contributed by atoms with van der Waals surface area (Å²) in [5, 5.41) is 12.6. The first-order valence-electron chi connectivity index (χ1n) is 13.7. The van der Waals surface area contributed by atoms with E-state index in [1.165, 1.54) is 4.31 Å². The largest absolute Gasteiger partial charge is 0.481 e. The average Bonchev–Trinajstić information content (AvgIpc) is 3.25. The molecule has 9 nitrogen and oxygen atoms in total. The van der Waals surface area contributed by atoms with E-state index in [1.807, 2.05) is 50.2 Å². The molecule has 42 heavy (non-hydrogen) atoms. The first-order chi connectivity index (χ1) is 20.0. The Balaban J connectivity index is 1.77. The van der Waals surface area contributed by atoms with E-state index >= 15 is 0 Å². The predicted octanol–water partition coefficient (Wildman–Crippen LogP) is 5.32. The van der Waals surface area contributed by atoms with Crippen LogP contribution in [0, 0.1) is 0 Å². The minimum Gasteiger partial charge on any atom is -0.481 e. The van der Waals surface area contributed by atoms with E-state index in [0.29, 0.717) is 59.3 Å². The number of halogens is 1. The second-order valence-electron chi connectivity index (χ2n) is 10.5. The van der Waals surface area contributed by atoms with Crippen molar-refractivity contribution in [2.75, 3.05) is 42.6 Å². The summed E-state index contributed by atoms with van der Waals surface area (Å²) in [6.07, 6.45) is 0.825. The molecule has 0 radical (unpaired) electrons. The second-order valence-corrected chi connectivity index (χ2v) is 12.9. The fourth-order valence-electron chi connectivity index (χ4n) is 4.86. The number of nitrogens with one attached hydrogen (secondary N) is 1. The van der Waals surface area contributed by atoms with Crippen molar-refractivity contribution < 1.29 is 23.1 Å². The van der Waals surface area contributed by atoms with Gasteiger partial charge in [-0.1, -0.05) is 42.8 Å². The summed E-state index contributed by atoms with van der Waals surface area (Å²) >= 11 is 6.18. The van der Waals surface area contributed by atoms with E-state index in [0.717, 1.165) is 11.1 Å². The van der Waals surface area contributed by atoms with Crippen molar-refractivity contribution in [1.82, 2.24) is 4.90 Å². The summed E-state index contributed by atoms with van der Waals surface area (Å²) in [7, 11) is 0.281. The maximum absolute atomic E-state index is 13.3. The zero-order valence-electron chi connectivity index (χ0n) is 23.9. The van der Waals surface area contributed by atoms with Gasteiger partial charge in [0.1, 0.15) is 5.92 Å². The number of rotatable bonds is 13. The number of hydrogen-bond acceptors (Lipinski definition) is 6. The Morgan fingerprint density at radius 3 is 2.45 bits per heavy atom. The van der Waals surface area contributed by atoms with Crippen LogP contribution in [-0.2, 0) is 26.0 Å². The highest BCUT2D eigenvalue weighted by Crippen LogP contribution is 2.38. The highest BCUT2D eigenvalue weighted by molar-refractivity contribution is 7.92. The number of sulfonamides is 1. The summed E-state index contributed by atoms with van der Waals surface area (Å²) < 4.78 is 27.5. The summed E-state index contributed by atoms with van der Waals surface area (Å²) in [5.41, 5.74) is 4.41. The maximum Gasteiger partial charge on any atom is 0.303 e. The molecule has 1 heterocycles. The number of aliphatic imine (C=N–C) groups is 1. The molecule has 1 unspecified atom stereocenters. The first-order valence-corrected chi connectivity index (χ1v) is 15.7. The van der Waals surface area contributed by atoms with Gasteiger partial charge in [-0.3, -0.25) is 18.9 Å². The molecule has 0 fully saturated rings. The van der Waals surface area contributed by atoms with Crippen LogP contribution < -0.4 is 9.62 Å². The summed E-state index contributed by atoms with van der Waals surface area (Å²) in [4.78, 5) is 31.3. The molecular weight excluding hydrogens is 576 g/mol. The number of nitrogens with zero attached hydrogens (tertiary/aromatic N) is 3. The molecule has 4 rings (SSSR count). The van der Waals surface area contributed by atoms with Crippen LogP contribution in [-0.4, -0.2) is 69.0 Å². The lowest BCUT2D eigenvalue weighted by Crippen LogP contribution is -2.38. The fourth-order valence-corrected chi connectivity index (χ4v) is 6.57. The van der Waals surface area contributed by atoms with E-state index in [4.69, 9.17) is 21.7 Å². The molecule has 1 aliphatic heterocycles. The monoisotopic (exact) mass is 610 g/mol. The van der Waals surface area contributed by atoms with E-state index < -0.39 is 21.9 Å². The third-order valence-corrected chi connectivity index (χ3v) is 9.13. The molecule has 0 aromatic heterocycles. The minimum atomic E-state index is -3.51. The molecule has 3 aromatic carbocycles. The highest BCUT2D eigenvalue weighted by atomic mass is 35.5. The second kappa shape index (κ2) is 13.5. The number of aryl methyl sites for hydroxylation is 1. The normalized spacial score (nSPS) is 15.0. The fraction of sp³-hybridized carbons (Fsp3) is 0.323. The van der Waals surface area contributed by atoms with Crippen molar-refractivity contribution in [2.24, 2.45) is 4.99 Å². The van der Waals surface area contributed by atoms with Crippen LogP contribution in [0.5, 0.6) is 0 Å². The number of carbonyl (C=O) groups is 2. The van der Waals surface area contributed by atoms with Gasteiger partial charge in [-0.2, -0.15) is 0 Å². The van der Waals surface area contributed by atoms with Gasteiger partial charge < -0.3 is 15.3 Å². The third kappa shape index (κ3) is 7.56. The Labute approximate surface area is 251 Å². The zero-order chi connectivity index (χ0) is 30.4. The summed E-state index contributed by atoms with van der Waals surface area (Å²) in [5.74, 6) is -1.83. The van der Waals surface area contributed by atoms with Gasteiger partial charge in [0.2, 0.25) is 15.9 Å². The molecule has 0 spiro atoms. The van der Waals surface area contributed by atoms with Gasteiger partial charge in [-0.15, -0.1) is 0 Å². The van der Waals surface area contributed by atoms with Crippen molar-refractivity contribution in [1.29, 1.82) is 0 Å². The number of amides is 1. The summed E-state index contributed by atoms with van der Waals surface area (Å²) in [6.45, 7) is 2.71. The molecule has 0 saturated heterocycles. The van der Waals surface area contributed by atoms with E-state index in [-0.39, 0.29) is 18.1 Å². The van der Waals surface area contributed by atoms with Crippen LogP contribution in [0.15, 0.2) is 71.7 Å². The predicted molar refractivity (Wildman–Crippen MR) is 168 cm³/mol. The molecule has 2 N–H and O–H groups in total. The number of hydrogen-bond donors (Lipinski definition) is 2. The number of fused-ring (bicyclic) bond motifs is 1. The van der Waals surface area contributed by atoms with Crippen LogP contribution >= 0.6 is 11.6 Å². The molecule has 1 atom stereocenters. The van der Waals surface area contributed by atoms with Gasteiger partial charge in [-0.05, 0) is 86.1 Å². The number of carbonyl (C=O) groups excluding carboxylic acids is 1. The molecular formula is C31H35ClN4O5S. The van der Waals surface area contributed by atoms with Gasteiger partial charge in [0.25, 0.3) is 0 Å². The highest BCUT2D eigenvalue weighted by Gasteiger charge is 2.35. The SMILES string of the molecule is CCCS(=O)(=O)N(CCN(C)C)c1ccc(N=C(c2cccc(CCC(=O)O)c2)C2C(=O)Nc3cc(Cl)ccc32)cc1. The topological polar surface area (TPSA) is 119 Å². The molecule has 11 heteroatoms. The first kappa shape index (κ1) is 31.2. The van der Waals surface area contributed by atoms with Gasteiger partial charge in [0.05, 0.1) is 22.8 Å². The van der Waals surface area contributed by atoms with Crippen LogP contribution in [0.3, 0.4) is 0 Å². The molecule has 0 aliphatic carbocycles. The number of benzene rings is 3. The lowest BCUT2D eigenvalue weighted by atomic mass is 9.89. The standard InChI is InChI=1S/C31H35ClN4O5S/c1-4-18-42(40,41)36(17-16-35(2)3)25-12-10-24(11-13-25)33-30(22-7-5-6-21(19-22)8-15-28(37)38)29-26-14-9-23(32)20-27(26)34-31(29)39/h5-7,9-14,19-20,29H,4,8,15-18H2,1-3H3,(H,34,39)(H,37,38). The molecule has 222 valence electrons. The van der Waals surface area contributed by atoms with E-state index in [2.05, 4.69) is 5.32 Å². The van der Waals surface area contributed by atoms with Crippen molar-refractivity contribution in [3.05, 3.63) is 88.4 Å². The van der Waals surface area contributed by atoms with Crippen molar-refractivity contribution in [2.45, 2.75) is 32.1 Å². The average molecular weight is 611 g/mol. The van der Waals surface area contributed by atoms with Crippen molar-refractivity contribution in [3.8, 4) is 0 Å². The lowest BCUT2D eigenvalue weighted by Gasteiger charge is -2.26. The Morgan fingerprint density at radius 2 is 1.79 bits per heavy atom. The van der Waals surface area contributed by atoms with Crippen LogP contribution in [0.25, 0.3) is 0 Å². The van der Waals surface area contributed by atoms with Crippen LogP contribution in [0.2, 0.25) is 5.02 Å². The van der Waals surface area contributed by atoms with Crippen molar-refractivity contribution in [3.63, 3.8) is 0 Å². The number of carboxylic acid groups (broad SMARTS) is 1. The Hall–Kier alpha value is -3.73. The van der Waals surface area contributed by atoms with Crippen LogP contribution in [0.4, 0.5) is 17.1 Å². The lowest BCUT2D eigenvalue weighted by molar-refractivity contribution is -0.137.